The summed E-state index contributed by atoms with van der Waals surface area (Å²) in [6, 6.07) is 15.5. The van der Waals surface area contributed by atoms with Gasteiger partial charge in [-0.3, -0.25) is 0 Å². The first-order valence-corrected chi connectivity index (χ1v) is 5.34. The van der Waals surface area contributed by atoms with Crippen molar-refractivity contribution in [2.45, 2.75) is 6.54 Å². The molecular formula is C14H15NO. The van der Waals surface area contributed by atoms with Crippen molar-refractivity contribution in [3.05, 3.63) is 54.1 Å². The van der Waals surface area contributed by atoms with E-state index in [0.29, 0.717) is 5.75 Å². The molecule has 2 rings (SSSR count). The maximum Gasteiger partial charge on any atom is 0.123 e. The van der Waals surface area contributed by atoms with Crippen molar-refractivity contribution in [2.24, 2.45) is 0 Å². The minimum Gasteiger partial charge on any atom is -0.507 e. The minimum atomic E-state index is 0.325. The van der Waals surface area contributed by atoms with Crippen molar-refractivity contribution in [3.8, 4) is 16.9 Å². The van der Waals surface area contributed by atoms with Gasteiger partial charge in [-0.15, -0.1) is 0 Å². The lowest BCUT2D eigenvalue weighted by molar-refractivity contribution is 0.477. The maximum atomic E-state index is 9.84. The second kappa shape index (κ2) is 4.81. The van der Waals surface area contributed by atoms with Gasteiger partial charge in [-0.25, -0.2) is 0 Å². The lowest BCUT2D eigenvalue weighted by Gasteiger charge is -2.10. The highest BCUT2D eigenvalue weighted by molar-refractivity contribution is 5.72. The van der Waals surface area contributed by atoms with Gasteiger partial charge < -0.3 is 10.4 Å². The molecule has 16 heavy (non-hydrogen) atoms. The van der Waals surface area contributed by atoms with E-state index >= 15 is 0 Å². The summed E-state index contributed by atoms with van der Waals surface area (Å²) in [6.45, 7) is 0.796. The predicted octanol–water partition coefficient (Wildman–Crippen LogP) is 2.78. The second-order valence-corrected chi connectivity index (χ2v) is 3.70. The van der Waals surface area contributed by atoms with Crippen LogP contribution in [-0.4, -0.2) is 12.2 Å². The van der Waals surface area contributed by atoms with Crippen molar-refractivity contribution in [3.63, 3.8) is 0 Å². The van der Waals surface area contributed by atoms with Crippen molar-refractivity contribution >= 4 is 0 Å². The number of hydrogen-bond acceptors (Lipinski definition) is 2. The Labute approximate surface area is 95.6 Å². The molecule has 0 aliphatic heterocycles. The zero-order valence-electron chi connectivity index (χ0n) is 9.27. The van der Waals surface area contributed by atoms with Gasteiger partial charge in [0.05, 0.1) is 0 Å². The van der Waals surface area contributed by atoms with Crippen molar-refractivity contribution in [1.82, 2.24) is 5.32 Å². The van der Waals surface area contributed by atoms with Crippen LogP contribution < -0.4 is 5.32 Å². The molecule has 0 atom stereocenters. The number of nitrogens with one attached hydrogen (secondary N) is 1. The van der Waals surface area contributed by atoms with Gasteiger partial charge >= 0.3 is 0 Å². The molecule has 0 amide bonds. The second-order valence-electron chi connectivity index (χ2n) is 3.70. The standard InChI is InChI=1S/C14H15NO/c1-15-10-11-6-2-3-7-12(11)13-8-4-5-9-14(13)16/h2-9,15-16H,10H2,1H3. The quantitative estimate of drug-likeness (QED) is 0.821. The van der Waals surface area contributed by atoms with E-state index in [1.54, 1.807) is 6.07 Å². The third-order valence-electron chi connectivity index (χ3n) is 2.58. The van der Waals surface area contributed by atoms with Crippen LogP contribution in [0.2, 0.25) is 0 Å². The summed E-state index contributed by atoms with van der Waals surface area (Å²) in [7, 11) is 1.92. The van der Waals surface area contributed by atoms with Crippen LogP contribution >= 0.6 is 0 Å². The van der Waals surface area contributed by atoms with Crippen molar-refractivity contribution in [1.29, 1.82) is 0 Å². The van der Waals surface area contributed by atoms with Crippen LogP contribution in [-0.2, 0) is 6.54 Å². The van der Waals surface area contributed by atoms with E-state index in [2.05, 4.69) is 11.4 Å². The first-order chi connectivity index (χ1) is 7.83. The van der Waals surface area contributed by atoms with E-state index in [0.717, 1.165) is 17.7 Å². The Kier molecular flexibility index (Phi) is 3.22. The Morgan fingerprint density at radius 2 is 1.56 bits per heavy atom. The third-order valence-corrected chi connectivity index (χ3v) is 2.58. The van der Waals surface area contributed by atoms with Crippen LogP contribution in [0.25, 0.3) is 11.1 Å². The molecule has 0 aliphatic rings. The monoisotopic (exact) mass is 213 g/mol. The van der Waals surface area contributed by atoms with Crippen LogP contribution in [0.5, 0.6) is 5.75 Å². The fraction of sp³-hybridized carbons (Fsp3) is 0.143. The molecule has 0 heterocycles. The fourth-order valence-electron chi connectivity index (χ4n) is 1.83. The number of aromatic hydroxyl groups is 1. The molecule has 0 saturated heterocycles. The minimum absolute atomic E-state index is 0.325. The SMILES string of the molecule is CNCc1ccccc1-c1ccccc1O. The average molecular weight is 213 g/mol. The zero-order chi connectivity index (χ0) is 11.4. The van der Waals surface area contributed by atoms with Gasteiger partial charge in [-0.2, -0.15) is 0 Å². The van der Waals surface area contributed by atoms with Crippen LogP contribution in [0.1, 0.15) is 5.56 Å². The highest BCUT2D eigenvalue weighted by Gasteiger charge is 2.06. The Morgan fingerprint density at radius 3 is 2.25 bits per heavy atom. The molecule has 0 saturated carbocycles. The Hall–Kier alpha value is -1.80. The summed E-state index contributed by atoms with van der Waals surface area (Å²) in [4.78, 5) is 0. The summed E-state index contributed by atoms with van der Waals surface area (Å²) in [5.74, 6) is 0.325. The Morgan fingerprint density at radius 1 is 0.938 bits per heavy atom. The van der Waals surface area contributed by atoms with E-state index in [-0.39, 0.29) is 0 Å². The first kappa shape index (κ1) is 10.7. The summed E-state index contributed by atoms with van der Waals surface area (Å²) in [5, 5.41) is 13.0. The number of hydrogen-bond donors (Lipinski definition) is 2. The molecule has 2 N–H and O–H groups in total. The van der Waals surface area contributed by atoms with Crippen LogP contribution in [0.15, 0.2) is 48.5 Å². The summed E-state index contributed by atoms with van der Waals surface area (Å²) in [6.07, 6.45) is 0. The van der Waals surface area contributed by atoms with E-state index in [4.69, 9.17) is 0 Å². The summed E-state index contributed by atoms with van der Waals surface area (Å²) < 4.78 is 0. The van der Waals surface area contributed by atoms with Gasteiger partial charge in [0, 0.05) is 12.1 Å². The molecule has 2 nitrogen and oxygen atoms in total. The highest BCUT2D eigenvalue weighted by atomic mass is 16.3. The van der Waals surface area contributed by atoms with Gasteiger partial charge in [0.25, 0.3) is 0 Å². The van der Waals surface area contributed by atoms with Crippen LogP contribution in [0.4, 0.5) is 0 Å². The highest BCUT2D eigenvalue weighted by Crippen LogP contribution is 2.30. The molecule has 0 radical (unpaired) electrons. The largest absolute Gasteiger partial charge is 0.507 e. The van der Waals surface area contributed by atoms with E-state index in [1.165, 1.54) is 5.56 Å². The molecule has 2 heteroatoms. The molecule has 2 aromatic carbocycles. The molecule has 0 unspecified atom stereocenters. The molecule has 0 bridgehead atoms. The van der Waals surface area contributed by atoms with Gasteiger partial charge in [0.2, 0.25) is 0 Å². The molecule has 0 spiro atoms. The van der Waals surface area contributed by atoms with E-state index in [1.807, 2.05) is 43.4 Å². The fourth-order valence-corrected chi connectivity index (χ4v) is 1.83. The van der Waals surface area contributed by atoms with Gasteiger partial charge in [-0.1, -0.05) is 42.5 Å². The average Bonchev–Trinajstić information content (AvgIpc) is 2.31. The van der Waals surface area contributed by atoms with Gasteiger partial charge in [-0.05, 0) is 24.2 Å². The number of phenolic OH excluding ortho intramolecular Hbond substituents is 1. The predicted molar refractivity (Wildman–Crippen MR) is 66.3 cm³/mol. The summed E-state index contributed by atoms with van der Waals surface area (Å²) >= 11 is 0. The van der Waals surface area contributed by atoms with Crippen LogP contribution in [0, 0.1) is 0 Å². The lowest BCUT2D eigenvalue weighted by Crippen LogP contribution is -2.06. The Balaban J connectivity index is 2.51. The molecule has 0 aliphatic carbocycles. The molecule has 0 fully saturated rings. The van der Waals surface area contributed by atoms with Crippen molar-refractivity contribution < 1.29 is 5.11 Å². The molecular weight excluding hydrogens is 198 g/mol. The zero-order valence-corrected chi connectivity index (χ0v) is 9.27. The van der Waals surface area contributed by atoms with E-state index in [9.17, 15) is 5.11 Å². The third kappa shape index (κ3) is 2.07. The van der Waals surface area contributed by atoms with Crippen molar-refractivity contribution in [2.75, 3.05) is 7.05 Å². The van der Waals surface area contributed by atoms with E-state index < -0.39 is 0 Å². The van der Waals surface area contributed by atoms with Gasteiger partial charge in [0.1, 0.15) is 5.75 Å². The molecule has 0 aromatic heterocycles. The first-order valence-electron chi connectivity index (χ1n) is 5.34. The smallest absolute Gasteiger partial charge is 0.123 e. The summed E-state index contributed by atoms with van der Waals surface area (Å²) in [5.41, 5.74) is 3.15. The Bertz CT molecular complexity index is 480. The topological polar surface area (TPSA) is 32.3 Å². The number of benzene rings is 2. The lowest BCUT2D eigenvalue weighted by atomic mass is 9.99. The number of phenols is 1. The number of rotatable bonds is 3. The van der Waals surface area contributed by atoms with Crippen LogP contribution in [0.3, 0.4) is 0 Å². The number of para-hydroxylation sites is 1. The normalized spacial score (nSPS) is 10.3. The molecule has 82 valence electrons. The maximum absolute atomic E-state index is 9.84. The van der Waals surface area contributed by atoms with Gasteiger partial charge in [0.15, 0.2) is 0 Å². The molecule has 2 aromatic rings.